The molecule has 0 saturated carbocycles. The normalized spacial score (nSPS) is 10.3. The highest BCUT2D eigenvalue weighted by atomic mass is 32.2. The average Bonchev–Trinajstić information content (AvgIpc) is 2.33. The van der Waals surface area contributed by atoms with Crippen molar-refractivity contribution in [2.24, 2.45) is 5.73 Å². The predicted octanol–water partition coefficient (Wildman–Crippen LogP) is 3.13. The van der Waals surface area contributed by atoms with Crippen LogP contribution < -0.4 is 5.73 Å². The molecular formula is C14H15N3S. The topological polar surface area (TPSA) is 62.8 Å². The number of hydrogen-bond donors (Lipinski definition) is 2. The van der Waals surface area contributed by atoms with Crippen molar-refractivity contribution in [3.05, 3.63) is 53.3 Å². The number of pyridine rings is 1. The van der Waals surface area contributed by atoms with E-state index in [0.29, 0.717) is 5.69 Å². The molecule has 3 nitrogen and oxygen atoms in total. The molecule has 0 saturated heterocycles. The molecule has 0 aliphatic rings. The molecule has 1 aromatic carbocycles. The number of rotatable bonds is 3. The van der Waals surface area contributed by atoms with Gasteiger partial charge in [0.15, 0.2) is 0 Å². The molecule has 0 unspecified atom stereocenters. The van der Waals surface area contributed by atoms with Gasteiger partial charge in [0, 0.05) is 16.0 Å². The Hall–Kier alpha value is -1.81. The lowest BCUT2D eigenvalue weighted by Crippen LogP contribution is -2.12. The first-order valence-electron chi connectivity index (χ1n) is 5.62. The van der Waals surface area contributed by atoms with E-state index in [1.54, 1.807) is 18.0 Å². The Bertz CT molecular complexity index is 593. The molecule has 92 valence electrons. The molecule has 18 heavy (non-hydrogen) atoms. The van der Waals surface area contributed by atoms with Crippen molar-refractivity contribution in [3.63, 3.8) is 0 Å². The SMILES string of the molecule is Cc1ccc(Sc2ccnc(C(=N)N)c2)c(C)c1. The highest BCUT2D eigenvalue weighted by molar-refractivity contribution is 7.99. The smallest absolute Gasteiger partial charge is 0.141 e. The van der Waals surface area contributed by atoms with E-state index in [-0.39, 0.29) is 5.84 Å². The van der Waals surface area contributed by atoms with Crippen molar-refractivity contribution in [3.8, 4) is 0 Å². The molecule has 4 heteroatoms. The highest BCUT2D eigenvalue weighted by Gasteiger charge is 2.04. The number of aryl methyl sites for hydroxylation is 2. The summed E-state index contributed by atoms with van der Waals surface area (Å²) in [5.41, 5.74) is 8.47. The summed E-state index contributed by atoms with van der Waals surface area (Å²) in [5.74, 6) is -0.00178. The van der Waals surface area contributed by atoms with Gasteiger partial charge >= 0.3 is 0 Å². The standard InChI is InChI=1S/C14H15N3S/c1-9-3-4-13(10(2)7-9)18-11-5-6-17-12(8-11)14(15)16/h3-8H,1-2H3,(H3,15,16). The first-order valence-corrected chi connectivity index (χ1v) is 6.43. The number of aromatic nitrogens is 1. The van der Waals surface area contributed by atoms with Crippen molar-refractivity contribution in [2.75, 3.05) is 0 Å². The third-order valence-electron chi connectivity index (χ3n) is 2.57. The van der Waals surface area contributed by atoms with Crippen molar-refractivity contribution in [1.29, 1.82) is 5.41 Å². The van der Waals surface area contributed by atoms with Crippen LogP contribution in [0, 0.1) is 19.3 Å². The zero-order chi connectivity index (χ0) is 13.1. The molecule has 0 aliphatic carbocycles. The van der Waals surface area contributed by atoms with E-state index >= 15 is 0 Å². The van der Waals surface area contributed by atoms with Gasteiger partial charge in [-0.3, -0.25) is 10.4 Å². The Morgan fingerprint density at radius 2 is 2.00 bits per heavy atom. The summed E-state index contributed by atoms with van der Waals surface area (Å²) >= 11 is 1.66. The summed E-state index contributed by atoms with van der Waals surface area (Å²) in [7, 11) is 0. The largest absolute Gasteiger partial charge is 0.382 e. The lowest BCUT2D eigenvalue weighted by atomic mass is 10.2. The van der Waals surface area contributed by atoms with E-state index in [1.807, 2.05) is 12.1 Å². The summed E-state index contributed by atoms with van der Waals surface area (Å²) in [6.07, 6.45) is 1.68. The number of nitrogen functional groups attached to an aromatic ring is 1. The second kappa shape index (κ2) is 5.23. The fourth-order valence-corrected chi connectivity index (χ4v) is 2.57. The Morgan fingerprint density at radius 3 is 2.67 bits per heavy atom. The zero-order valence-corrected chi connectivity index (χ0v) is 11.2. The second-order valence-electron chi connectivity index (χ2n) is 4.16. The number of amidine groups is 1. The Morgan fingerprint density at radius 1 is 1.22 bits per heavy atom. The van der Waals surface area contributed by atoms with Crippen molar-refractivity contribution < 1.29 is 0 Å². The molecule has 1 aromatic heterocycles. The van der Waals surface area contributed by atoms with Gasteiger partial charge in [-0.1, -0.05) is 29.5 Å². The van der Waals surface area contributed by atoms with E-state index in [9.17, 15) is 0 Å². The van der Waals surface area contributed by atoms with E-state index in [4.69, 9.17) is 11.1 Å². The predicted molar refractivity (Wildman–Crippen MR) is 75.3 cm³/mol. The average molecular weight is 257 g/mol. The molecule has 3 N–H and O–H groups in total. The quantitative estimate of drug-likeness (QED) is 0.656. The lowest BCUT2D eigenvalue weighted by Gasteiger charge is -2.07. The lowest BCUT2D eigenvalue weighted by molar-refractivity contribution is 1.20. The van der Waals surface area contributed by atoms with E-state index in [0.717, 1.165) is 4.90 Å². The van der Waals surface area contributed by atoms with Gasteiger partial charge in [0.25, 0.3) is 0 Å². The number of nitrogens with one attached hydrogen (secondary N) is 1. The summed E-state index contributed by atoms with van der Waals surface area (Å²) in [4.78, 5) is 6.31. The molecule has 2 aromatic rings. The van der Waals surface area contributed by atoms with Gasteiger partial charge in [-0.15, -0.1) is 0 Å². The fraction of sp³-hybridized carbons (Fsp3) is 0.143. The molecule has 0 aliphatic heterocycles. The number of hydrogen-bond acceptors (Lipinski definition) is 3. The van der Waals surface area contributed by atoms with Crippen LogP contribution in [-0.2, 0) is 0 Å². The van der Waals surface area contributed by atoms with E-state index in [1.165, 1.54) is 16.0 Å². The number of benzene rings is 1. The summed E-state index contributed by atoms with van der Waals surface area (Å²) in [6, 6.07) is 10.1. The third kappa shape index (κ3) is 2.90. The van der Waals surface area contributed by atoms with E-state index < -0.39 is 0 Å². The molecule has 2 rings (SSSR count). The van der Waals surface area contributed by atoms with Gasteiger partial charge in [-0.2, -0.15) is 0 Å². The minimum atomic E-state index is -0.00178. The van der Waals surface area contributed by atoms with Crippen LogP contribution in [0.25, 0.3) is 0 Å². The molecule has 0 atom stereocenters. The van der Waals surface area contributed by atoms with Crippen molar-refractivity contribution >= 4 is 17.6 Å². The van der Waals surface area contributed by atoms with Gasteiger partial charge in [0.2, 0.25) is 0 Å². The summed E-state index contributed by atoms with van der Waals surface area (Å²) < 4.78 is 0. The van der Waals surface area contributed by atoms with Crippen LogP contribution in [-0.4, -0.2) is 10.8 Å². The molecular weight excluding hydrogens is 242 g/mol. The minimum absolute atomic E-state index is 0.00178. The maximum absolute atomic E-state index is 7.39. The highest BCUT2D eigenvalue weighted by Crippen LogP contribution is 2.30. The van der Waals surface area contributed by atoms with Crippen molar-refractivity contribution in [2.45, 2.75) is 23.6 Å². The van der Waals surface area contributed by atoms with Crippen LogP contribution in [0.15, 0.2) is 46.3 Å². The number of nitrogens with two attached hydrogens (primary N) is 1. The molecule has 0 amide bonds. The van der Waals surface area contributed by atoms with Crippen LogP contribution in [0.5, 0.6) is 0 Å². The van der Waals surface area contributed by atoms with Gasteiger partial charge in [0.05, 0.1) is 0 Å². The Labute approximate surface area is 111 Å². The summed E-state index contributed by atoms with van der Waals surface area (Å²) in [5, 5.41) is 7.39. The Kier molecular flexibility index (Phi) is 3.67. The minimum Gasteiger partial charge on any atom is -0.382 e. The van der Waals surface area contributed by atoms with Crippen LogP contribution in [0.4, 0.5) is 0 Å². The first kappa shape index (κ1) is 12.6. The fourth-order valence-electron chi connectivity index (χ4n) is 1.66. The second-order valence-corrected chi connectivity index (χ2v) is 5.28. The van der Waals surface area contributed by atoms with Crippen molar-refractivity contribution in [1.82, 2.24) is 4.98 Å². The summed E-state index contributed by atoms with van der Waals surface area (Å²) in [6.45, 7) is 4.18. The zero-order valence-electron chi connectivity index (χ0n) is 10.4. The molecule has 1 heterocycles. The molecule has 0 bridgehead atoms. The van der Waals surface area contributed by atoms with Crippen LogP contribution >= 0.6 is 11.8 Å². The van der Waals surface area contributed by atoms with Crippen LogP contribution in [0.2, 0.25) is 0 Å². The molecule has 0 radical (unpaired) electrons. The molecule has 0 spiro atoms. The number of nitrogens with zero attached hydrogens (tertiary/aromatic N) is 1. The van der Waals surface area contributed by atoms with Gasteiger partial charge < -0.3 is 5.73 Å². The van der Waals surface area contributed by atoms with Crippen LogP contribution in [0.1, 0.15) is 16.8 Å². The monoisotopic (exact) mass is 257 g/mol. The van der Waals surface area contributed by atoms with Gasteiger partial charge in [0.1, 0.15) is 11.5 Å². The third-order valence-corrected chi connectivity index (χ3v) is 3.73. The van der Waals surface area contributed by atoms with Gasteiger partial charge in [-0.05, 0) is 37.6 Å². The van der Waals surface area contributed by atoms with Gasteiger partial charge in [-0.25, -0.2) is 0 Å². The maximum Gasteiger partial charge on any atom is 0.141 e. The van der Waals surface area contributed by atoms with Crippen LogP contribution in [0.3, 0.4) is 0 Å². The molecule has 0 fully saturated rings. The maximum atomic E-state index is 7.39. The Balaban J connectivity index is 2.28. The van der Waals surface area contributed by atoms with E-state index in [2.05, 4.69) is 37.0 Å². The first-order chi connectivity index (χ1) is 8.56.